The van der Waals surface area contributed by atoms with E-state index in [2.05, 4.69) is 15.6 Å². The lowest BCUT2D eigenvalue weighted by molar-refractivity contribution is 0.0964. The highest BCUT2D eigenvalue weighted by atomic mass is 16.5. The number of ether oxygens (including phenoxy) is 1. The van der Waals surface area contributed by atoms with Gasteiger partial charge in [-0.15, -0.1) is 0 Å². The third kappa shape index (κ3) is 3.54. The molecular weight excluding hydrogens is 330 g/mol. The molecule has 0 bridgehead atoms. The summed E-state index contributed by atoms with van der Waals surface area (Å²) in [5.41, 5.74) is 3.06. The second-order valence-electron chi connectivity index (χ2n) is 5.95. The van der Waals surface area contributed by atoms with Crippen LogP contribution < -0.4 is 15.4 Å². The average Bonchev–Trinajstić information content (AvgIpc) is 3.06. The molecule has 0 aliphatic rings. The summed E-state index contributed by atoms with van der Waals surface area (Å²) < 4.78 is 5.48. The van der Waals surface area contributed by atoms with E-state index < -0.39 is 0 Å². The molecule has 0 atom stereocenters. The Morgan fingerprint density at radius 3 is 2.62 bits per heavy atom. The van der Waals surface area contributed by atoms with Crippen molar-refractivity contribution in [2.45, 2.75) is 13.8 Å². The Hall–Kier alpha value is -3.28. The monoisotopic (exact) mass is 351 g/mol. The normalized spacial score (nSPS) is 10.6. The maximum absolute atomic E-state index is 12.6. The number of H-pyrrole nitrogens is 1. The van der Waals surface area contributed by atoms with Crippen LogP contribution in [0, 0.1) is 6.92 Å². The zero-order chi connectivity index (χ0) is 18.7. The minimum Gasteiger partial charge on any atom is -0.494 e. The van der Waals surface area contributed by atoms with E-state index in [1.165, 1.54) is 0 Å². The van der Waals surface area contributed by atoms with Crippen molar-refractivity contribution in [1.29, 1.82) is 0 Å². The number of nitrogens with one attached hydrogen (secondary N) is 3. The molecule has 134 valence electrons. The first kappa shape index (κ1) is 17.5. The van der Waals surface area contributed by atoms with Gasteiger partial charge in [-0.2, -0.15) is 0 Å². The SMILES string of the molecule is CCOc1ccc2cc(C(=O)Nc3ccc(C)cc3C(=O)NC)[nH]c2c1. The summed E-state index contributed by atoms with van der Waals surface area (Å²) in [6.07, 6.45) is 0. The molecule has 0 saturated heterocycles. The number of fused-ring (bicyclic) bond motifs is 1. The first-order valence-corrected chi connectivity index (χ1v) is 8.41. The maximum Gasteiger partial charge on any atom is 0.272 e. The van der Waals surface area contributed by atoms with Crippen molar-refractivity contribution in [3.63, 3.8) is 0 Å². The zero-order valence-corrected chi connectivity index (χ0v) is 15.0. The van der Waals surface area contributed by atoms with Gasteiger partial charge >= 0.3 is 0 Å². The molecule has 1 aromatic heterocycles. The van der Waals surface area contributed by atoms with E-state index in [9.17, 15) is 9.59 Å². The van der Waals surface area contributed by atoms with Crippen molar-refractivity contribution < 1.29 is 14.3 Å². The van der Waals surface area contributed by atoms with Crippen LogP contribution in [0.15, 0.2) is 42.5 Å². The number of anilines is 1. The number of hydrogen-bond acceptors (Lipinski definition) is 3. The molecule has 0 radical (unpaired) electrons. The standard InChI is InChI=1S/C20H21N3O3/c1-4-26-14-7-6-13-10-18(22-17(13)11-14)20(25)23-16-8-5-12(2)9-15(16)19(24)21-3/h5-11,22H,4H2,1-3H3,(H,21,24)(H,23,25). The Morgan fingerprint density at radius 2 is 1.88 bits per heavy atom. The van der Waals surface area contributed by atoms with E-state index in [-0.39, 0.29) is 11.8 Å². The largest absolute Gasteiger partial charge is 0.494 e. The van der Waals surface area contributed by atoms with Gasteiger partial charge in [0.2, 0.25) is 0 Å². The lowest BCUT2D eigenvalue weighted by Crippen LogP contribution is -2.21. The van der Waals surface area contributed by atoms with E-state index in [0.29, 0.717) is 23.6 Å². The Bertz CT molecular complexity index is 976. The van der Waals surface area contributed by atoms with Gasteiger partial charge in [-0.3, -0.25) is 9.59 Å². The number of aryl methyl sites for hydroxylation is 1. The highest BCUT2D eigenvalue weighted by Gasteiger charge is 2.15. The van der Waals surface area contributed by atoms with Gasteiger partial charge in [0.15, 0.2) is 0 Å². The van der Waals surface area contributed by atoms with E-state index in [1.807, 2.05) is 38.1 Å². The third-order valence-electron chi connectivity index (χ3n) is 4.04. The van der Waals surface area contributed by atoms with Gasteiger partial charge in [-0.1, -0.05) is 11.6 Å². The second-order valence-corrected chi connectivity index (χ2v) is 5.95. The number of carbonyl (C=O) groups is 2. The molecule has 0 unspecified atom stereocenters. The van der Waals surface area contributed by atoms with Gasteiger partial charge in [0.1, 0.15) is 11.4 Å². The highest BCUT2D eigenvalue weighted by molar-refractivity contribution is 6.09. The van der Waals surface area contributed by atoms with Crippen LogP contribution in [0.5, 0.6) is 5.75 Å². The van der Waals surface area contributed by atoms with Crippen molar-refractivity contribution in [3.05, 3.63) is 59.3 Å². The van der Waals surface area contributed by atoms with E-state index in [0.717, 1.165) is 22.2 Å². The minimum absolute atomic E-state index is 0.248. The maximum atomic E-state index is 12.6. The summed E-state index contributed by atoms with van der Waals surface area (Å²) in [6.45, 7) is 4.39. The van der Waals surface area contributed by atoms with Gasteiger partial charge < -0.3 is 20.4 Å². The molecule has 0 spiro atoms. The van der Waals surface area contributed by atoms with Crippen molar-refractivity contribution in [2.24, 2.45) is 0 Å². The quantitative estimate of drug-likeness (QED) is 0.658. The van der Waals surface area contributed by atoms with Gasteiger partial charge in [0.25, 0.3) is 11.8 Å². The predicted octanol–water partition coefficient (Wildman–Crippen LogP) is 3.49. The molecule has 0 aliphatic carbocycles. The number of aromatic amines is 1. The van der Waals surface area contributed by atoms with E-state index in [4.69, 9.17) is 4.74 Å². The van der Waals surface area contributed by atoms with E-state index in [1.54, 1.807) is 25.2 Å². The minimum atomic E-state index is -0.312. The van der Waals surface area contributed by atoms with Crippen LogP contribution >= 0.6 is 0 Å². The third-order valence-corrected chi connectivity index (χ3v) is 4.04. The molecule has 0 fully saturated rings. The van der Waals surface area contributed by atoms with E-state index >= 15 is 0 Å². The summed E-state index contributed by atoms with van der Waals surface area (Å²) in [4.78, 5) is 27.8. The fraction of sp³-hybridized carbons (Fsp3) is 0.200. The summed E-state index contributed by atoms with van der Waals surface area (Å²) in [5.74, 6) is 0.185. The van der Waals surface area contributed by atoms with Crippen LogP contribution in [0.1, 0.15) is 33.3 Å². The van der Waals surface area contributed by atoms with Gasteiger partial charge in [-0.25, -0.2) is 0 Å². The van der Waals surface area contributed by atoms with Gasteiger partial charge in [-0.05, 0) is 44.2 Å². The molecule has 3 N–H and O–H groups in total. The predicted molar refractivity (Wildman–Crippen MR) is 102 cm³/mol. The molecule has 3 rings (SSSR count). The van der Waals surface area contributed by atoms with Gasteiger partial charge in [0, 0.05) is 24.0 Å². The number of rotatable bonds is 5. The molecule has 6 heteroatoms. The Kier molecular flexibility index (Phi) is 4.93. The Balaban J connectivity index is 1.88. The number of hydrogen-bond donors (Lipinski definition) is 3. The second kappa shape index (κ2) is 7.31. The lowest BCUT2D eigenvalue weighted by atomic mass is 10.1. The van der Waals surface area contributed by atoms with Gasteiger partial charge in [0.05, 0.1) is 17.9 Å². The molecule has 6 nitrogen and oxygen atoms in total. The van der Waals surface area contributed by atoms with Crippen molar-refractivity contribution in [3.8, 4) is 5.75 Å². The number of amides is 2. The first-order chi connectivity index (χ1) is 12.5. The topological polar surface area (TPSA) is 83.2 Å². The Morgan fingerprint density at radius 1 is 1.08 bits per heavy atom. The molecule has 26 heavy (non-hydrogen) atoms. The summed E-state index contributed by atoms with van der Waals surface area (Å²) in [6, 6.07) is 12.7. The molecule has 3 aromatic rings. The smallest absolute Gasteiger partial charge is 0.272 e. The molecule has 0 saturated carbocycles. The fourth-order valence-corrected chi connectivity index (χ4v) is 2.76. The molecule has 1 heterocycles. The highest BCUT2D eigenvalue weighted by Crippen LogP contribution is 2.23. The van der Waals surface area contributed by atoms with Crippen LogP contribution in [0.4, 0.5) is 5.69 Å². The van der Waals surface area contributed by atoms with Crippen LogP contribution in [-0.4, -0.2) is 30.5 Å². The summed E-state index contributed by atoms with van der Waals surface area (Å²) in [5, 5.41) is 6.31. The van der Waals surface area contributed by atoms with Crippen molar-refractivity contribution >= 4 is 28.4 Å². The number of aromatic nitrogens is 1. The van der Waals surface area contributed by atoms with Crippen molar-refractivity contribution in [2.75, 3.05) is 19.0 Å². The number of benzene rings is 2. The summed E-state index contributed by atoms with van der Waals surface area (Å²) in [7, 11) is 1.56. The molecular formula is C20H21N3O3. The van der Waals surface area contributed by atoms with Crippen molar-refractivity contribution in [1.82, 2.24) is 10.3 Å². The fourth-order valence-electron chi connectivity index (χ4n) is 2.76. The van der Waals surface area contributed by atoms with Crippen LogP contribution in [0.3, 0.4) is 0 Å². The molecule has 2 aromatic carbocycles. The lowest BCUT2D eigenvalue weighted by Gasteiger charge is -2.10. The van der Waals surface area contributed by atoms with Crippen LogP contribution in [0.2, 0.25) is 0 Å². The van der Waals surface area contributed by atoms with Crippen LogP contribution in [0.25, 0.3) is 10.9 Å². The first-order valence-electron chi connectivity index (χ1n) is 8.41. The molecule has 2 amide bonds. The zero-order valence-electron chi connectivity index (χ0n) is 15.0. The number of carbonyl (C=O) groups excluding carboxylic acids is 2. The van der Waals surface area contributed by atoms with Crippen LogP contribution in [-0.2, 0) is 0 Å². The molecule has 0 aliphatic heterocycles. The Labute approximate surface area is 151 Å². The average molecular weight is 351 g/mol. The summed E-state index contributed by atoms with van der Waals surface area (Å²) >= 11 is 0.